The van der Waals surface area contributed by atoms with E-state index < -0.39 is 0 Å². The molecule has 0 bridgehead atoms. The maximum Gasteiger partial charge on any atom is 0.262 e. The van der Waals surface area contributed by atoms with Gasteiger partial charge in [0.1, 0.15) is 4.83 Å². The highest BCUT2D eigenvalue weighted by Crippen LogP contribution is 2.25. The molecule has 0 aliphatic carbocycles. The third kappa shape index (κ3) is 3.92. The van der Waals surface area contributed by atoms with Crippen LogP contribution in [-0.2, 0) is 17.9 Å². The van der Waals surface area contributed by atoms with Crippen molar-refractivity contribution in [3.8, 4) is 0 Å². The van der Waals surface area contributed by atoms with Crippen LogP contribution in [0.5, 0.6) is 0 Å². The molecular formula is C18H17Cl2N3O2S. The zero-order valence-corrected chi connectivity index (χ0v) is 16.6. The quantitative estimate of drug-likeness (QED) is 0.689. The Morgan fingerprint density at radius 2 is 2.08 bits per heavy atom. The maximum absolute atomic E-state index is 12.6. The van der Waals surface area contributed by atoms with Crippen LogP contribution in [0.1, 0.15) is 22.4 Å². The summed E-state index contributed by atoms with van der Waals surface area (Å²) in [5.74, 6) is -0.166. The second-order valence-electron chi connectivity index (χ2n) is 5.97. The summed E-state index contributed by atoms with van der Waals surface area (Å²) in [6.07, 6.45) is 1.68. The van der Waals surface area contributed by atoms with Crippen LogP contribution in [0.3, 0.4) is 0 Å². The molecular weight excluding hydrogens is 393 g/mol. The number of nitrogens with zero attached hydrogens (tertiary/aromatic N) is 2. The summed E-state index contributed by atoms with van der Waals surface area (Å²) >= 11 is 13.5. The normalized spacial score (nSPS) is 11.1. The van der Waals surface area contributed by atoms with E-state index in [4.69, 9.17) is 23.2 Å². The van der Waals surface area contributed by atoms with Gasteiger partial charge in [0, 0.05) is 34.4 Å². The fourth-order valence-electron chi connectivity index (χ4n) is 2.60. The van der Waals surface area contributed by atoms with Crippen LogP contribution in [0.15, 0.2) is 29.3 Å². The number of fused-ring (bicyclic) bond motifs is 1. The lowest BCUT2D eigenvalue weighted by molar-refractivity contribution is -0.121. The van der Waals surface area contributed by atoms with E-state index in [-0.39, 0.29) is 24.4 Å². The molecule has 0 atom stereocenters. The van der Waals surface area contributed by atoms with Crippen molar-refractivity contribution >= 4 is 50.7 Å². The molecule has 0 aliphatic rings. The van der Waals surface area contributed by atoms with E-state index in [2.05, 4.69) is 10.3 Å². The number of aromatic nitrogens is 2. The molecule has 2 aromatic heterocycles. The second-order valence-corrected chi connectivity index (χ2v) is 8.02. The van der Waals surface area contributed by atoms with Crippen molar-refractivity contribution in [1.29, 1.82) is 0 Å². The fourth-order valence-corrected chi connectivity index (χ4v) is 4.06. The summed E-state index contributed by atoms with van der Waals surface area (Å²) in [5.41, 5.74) is 1.64. The first-order valence-electron chi connectivity index (χ1n) is 8.02. The Labute approximate surface area is 164 Å². The molecule has 8 heteroatoms. The third-order valence-corrected chi connectivity index (χ3v) is 5.93. The van der Waals surface area contributed by atoms with Gasteiger partial charge in [-0.3, -0.25) is 14.2 Å². The molecule has 3 aromatic rings. The molecule has 1 aromatic carbocycles. The first-order chi connectivity index (χ1) is 12.4. The maximum atomic E-state index is 12.6. The van der Waals surface area contributed by atoms with E-state index >= 15 is 0 Å². The highest BCUT2D eigenvalue weighted by Gasteiger charge is 2.13. The van der Waals surface area contributed by atoms with Crippen LogP contribution >= 0.6 is 34.5 Å². The van der Waals surface area contributed by atoms with Crippen molar-refractivity contribution in [1.82, 2.24) is 14.9 Å². The van der Waals surface area contributed by atoms with Gasteiger partial charge in [-0.2, -0.15) is 0 Å². The SMILES string of the molecule is Cc1sc2ncn(CCC(=O)NCc3ccc(Cl)cc3Cl)c(=O)c2c1C. The molecule has 1 amide bonds. The minimum atomic E-state index is -0.166. The van der Waals surface area contributed by atoms with Crippen LogP contribution in [0.2, 0.25) is 10.0 Å². The standard InChI is InChI=1S/C18H17Cl2N3O2S/c1-10-11(2)26-17-16(10)18(25)23(9-22-17)6-5-15(24)21-8-12-3-4-13(19)7-14(12)20/h3-4,7,9H,5-6,8H2,1-2H3,(H,21,24). The van der Waals surface area contributed by atoms with Gasteiger partial charge in [0.15, 0.2) is 0 Å². The summed E-state index contributed by atoms with van der Waals surface area (Å²) in [5, 5.41) is 4.50. The van der Waals surface area contributed by atoms with Gasteiger partial charge >= 0.3 is 0 Å². The van der Waals surface area contributed by atoms with Crippen molar-refractivity contribution in [2.24, 2.45) is 0 Å². The Balaban J connectivity index is 1.64. The molecule has 26 heavy (non-hydrogen) atoms. The molecule has 0 unspecified atom stereocenters. The van der Waals surface area contributed by atoms with Crippen LogP contribution < -0.4 is 10.9 Å². The van der Waals surface area contributed by atoms with Gasteiger partial charge in [-0.25, -0.2) is 4.98 Å². The molecule has 0 saturated heterocycles. The van der Waals surface area contributed by atoms with Gasteiger partial charge in [0.2, 0.25) is 5.91 Å². The predicted molar refractivity (Wildman–Crippen MR) is 106 cm³/mol. The van der Waals surface area contributed by atoms with Gasteiger partial charge in [0.25, 0.3) is 5.56 Å². The van der Waals surface area contributed by atoms with Gasteiger partial charge in [-0.15, -0.1) is 11.3 Å². The van der Waals surface area contributed by atoms with E-state index in [1.165, 1.54) is 22.2 Å². The number of thiophene rings is 1. The highest BCUT2D eigenvalue weighted by molar-refractivity contribution is 7.18. The summed E-state index contributed by atoms with van der Waals surface area (Å²) in [6, 6.07) is 5.13. The van der Waals surface area contributed by atoms with Crippen molar-refractivity contribution < 1.29 is 4.79 Å². The molecule has 0 radical (unpaired) electrons. The number of benzene rings is 1. The topological polar surface area (TPSA) is 64.0 Å². The first-order valence-corrected chi connectivity index (χ1v) is 9.60. The number of halogens is 2. The van der Waals surface area contributed by atoms with Crippen LogP contribution in [0, 0.1) is 13.8 Å². The molecule has 0 spiro atoms. The van der Waals surface area contributed by atoms with E-state index in [0.717, 1.165) is 20.8 Å². The molecule has 0 fully saturated rings. The van der Waals surface area contributed by atoms with Gasteiger partial charge in [-0.05, 0) is 37.1 Å². The Morgan fingerprint density at radius 1 is 1.31 bits per heavy atom. The Kier molecular flexibility index (Phi) is 5.65. The van der Waals surface area contributed by atoms with Crippen molar-refractivity contribution in [2.45, 2.75) is 33.4 Å². The van der Waals surface area contributed by atoms with Gasteiger partial charge in [-0.1, -0.05) is 29.3 Å². The van der Waals surface area contributed by atoms with Crippen LogP contribution in [0.25, 0.3) is 10.2 Å². The minimum Gasteiger partial charge on any atom is -0.352 e. The van der Waals surface area contributed by atoms with Crippen LogP contribution in [-0.4, -0.2) is 15.5 Å². The average molecular weight is 410 g/mol. The van der Waals surface area contributed by atoms with E-state index in [1.807, 2.05) is 13.8 Å². The number of carbonyl (C=O) groups excluding carboxylic acids is 1. The Bertz CT molecular complexity index is 1040. The lowest BCUT2D eigenvalue weighted by atomic mass is 10.2. The zero-order valence-electron chi connectivity index (χ0n) is 14.3. The summed E-state index contributed by atoms with van der Waals surface area (Å²) < 4.78 is 1.48. The first kappa shape index (κ1) is 18.9. The fraction of sp³-hybridized carbons (Fsp3) is 0.278. The number of amides is 1. The number of carbonyl (C=O) groups is 1. The van der Waals surface area contributed by atoms with E-state index in [9.17, 15) is 9.59 Å². The smallest absolute Gasteiger partial charge is 0.262 e. The zero-order chi connectivity index (χ0) is 18.8. The summed E-state index contributed by atoms with van der Waals surface area (Å²) in [7, 11) is 0. The Morgan fingerprint density at radius 3 is 2.81 bits per heavy atom. The molecule has 0 saturated carbocycles. The van der Waals surface area contributed by atoms with Crippen molar-refractivity contribution in [2.75, 3.05) is 0 Å². The number of hydrogen-bond donors (Lipinski definition) is 1. The molecule has 136 valence electrons. The molecule has 5 nitrogen and oxygen atoms in total. The lowest BCUT2D eigenvalue weighted by Crippen LogP contribution is -2.27. The summed E-state index contributed by atoms with van der Waals surface area (Å²) in [6.45, 7) is 4.48. The average Bonchev–Trinajstić information content (AvgIpc) is 2.88. The van der Waals surface area contributed by atoms with E-state index in [1.54, 1.807) is 18.2 Å². The minimum absolute atomic E-state index is 0.106. The monoisotopic (exact) mass is 409 g/mol. The number of nitrogens with one attached hydrogen (secondary N) is 1. The van der Waals surface area contributed by atoms with Gasteiger partial charge < -0.3 is 5.32 Å². The molecule has 1 N–H and O–H groups in total. The Hall–Kier alpha value is -1.89. The molecule has 3 rings (SSSR count). The second kappa shape index (κ2) is 7.78. The predicted octanol–water partition coefficient (Wildman–Crippen LogP) is 4.09. The summed E-state index contributed by atoms with van der Waals surface area (Å²) in [4.78, 5) is 30.9. The highest BCUT2D eigenvalue weighted by atomic mass is 35.5. The van der Waals surface area contributed by atoms with Crippen molar-refractivity contribution in [3.05, 3.63) is 60.9 Å². The third-order valence-electron chi connectivity index (χ3n) is 4.23. The number of rotatable bonds is 5. The van der Waals surface area contributed by atoms with Crippen LogP contribution in [0.4, 0.5) is 0 Å². The number of hydrogen-bond acceptors (Lipinski definition) is 4. The van der Waals surface area contributed by atoms with E-state index in [0.29, 0.717) is 22.0 Å². The lowest BCUT2D eigenvalue weighted by Gasteiger charge is -2.08. The van der Waals surface area contributed by atoms with Gasteiger partial charge in [0.05, 0.1) is 11.7 Å². The van der Waals surface area contributed by atoms with Crippen molar-refractivity contribution in [3.63, 3.8) is 0 Å². The number of aryl methyl sites for hydroxylation is 3. The molecule has 2 heterocycles. The largest absolute Gasteiger partial charge is 0.352 e. The molecule has 0 aliphatic heterocycles.